The molecule has 0 spiro atoms. The van der Waals surface area contributed by atoms with Crippen LogP contribution in [-0.4, -0.2) is 15.8 Å². The first-order valence-corrected chi connectivity index (χ1v) is 6.39. The van der Waals surface area contributed by atoms with Crippen LogP contribution in [0.1, 0.15) is 24.2 Å². The molecule has 0 bridgehead atoms. The van der Waals surface area contributed by atoms with Crippen molar-refractivity contribution in [2.45, 2.75) is 19.4 Å². The number of rotatable bonds is 3. The Morgan fingerprint density at radius 1 is 1.65 bits per heavy atom. The van der Waals surface area contributed by atoms with Crippen LogP contribution in [0.4, 0.5) is 0 Å². The summed E-state index contributed by atoms with van der Waals surface area (Å²) in [6.07, 6.45) is 4.93. The third-order valence-corrected chi connectivity index (χ3v) is 3.51. The fourth-order valence-corrected chi connectivity index (χ4v) is 2.45. The number of carbonyl (C=O) groups is 1. The molecular weight excluding hydrogens is 234 g/mol. The Morgan fingerprint density at radius 2 is 2.53 bits per heavy atom. The van der Waals surface area contributed by atoms with Crippen molar-refractivity contribution in [1.82, 2.24) is 14.7 Å². The summed E-state index contributed by atoms with van der Waals surface area (Å²) in [6, 6.07) is 0. The van der Waals surface area contributed by atoms with Crippen LogP contribution in [0.15, 0.2) is 11.6 Å². The van der Waals surface area contributed by atoms with E-state index in [0.717, 1.165) is 16.3 Å². The van der Waals surface area contributed by atoms with Crippen LogP contribution >= 0.6 is 11.3 Å². The van der Waals surface area contributed by atoms with Crippen LogP contribution in [0.3, 0.4) is 0 Å². The van der Waals surface area contributed by atoms with Crippen molar-refractivity contribution in [3.05, 3.63) is 23.0 Å². The molecule has 5 heteroatoms. The van der Waals surface area contributed by atoms with Crippen LogP contribution in [-0.2, 0) is 11.3 Å². The van der Waals surface area contributed by atoms with Crippen molar-refractivity contribution >= 4 is 22.7 Å². The lowest BCUT2D eigenvalue weighted by Crippen LogP contribution is -2.11. The summed E-state index contributed by atoms with van der Waals surface area (Å²) in [5.41, 5.74) is 1.94. The molecule has 2 aromatic rings. The molecule has 2 heterocycles. The Balaban J connectivity index is 1.97. The highest BCUT2D eigenvalue weighted by atomic mass is 32.1. The number of hydrogen-bond donors (Lipinski definition) is 1. The van der Waals surface area contributed by atoms with Gasteiger partial charge in [-0.25, -0.2) is 4.98 Å². The van der Waals surface area contributed by atoms with Gasteiger partial charge >= 0.3 is 0 Å². The number of nitrogens with one attached hydrogen (secondary N) is 1. The number of nitrogens with zero attached hydrogens (tertiary/aromatic N) is 2. The normalized spacial score (nSPS) is 14.4. The smallest absolute Gasteiger partial charge is 0.207 e. The molecule has 0 radical (unpaired) electrons. The predicted octanol–water partition coefficient (Wildman–Crippen LogP) is 1.40. The van der Waals surface area contributed by atoms with E-state index in [0.29, 0.717) is 18.9 Å². The number of fused-ring (bicyclic) bond motifs is 1. The summed E-state index contributed by atoms with van der Waals surface area (Å²) < 4.78 is 2.01. The van der Waals surface area contributed by atoms with Crippen molar-refractivity contribution in [2.24, 2.45) is 5.92 Å². The summed E-state index contributed by atoms with van der Waals surface area (Å²) in [7, 11) is 0. The summed E-state index contributed by atoms with van der Waals surface area (Å²) in [6.45, 7) is 0.486. The fraction of sp³-hybridized carbons (Fsp3) is 0.333. The van der Waals surface area contributed by atoms with E-state index < -0.39 is 0 Å². The zero-order valence-corrected chi connectivity index (χ0v) is 9.96. The molecule has 17 heavy (non-hydrogen) atoms. The summed E-state index contributed by atoms with van der Waals surface area (Å²) in [5, 5.41) is 4.67. The van der Waals surface area contributed by atoms with Gasteiger partial charge in [0.25, 0.3) is 0 Å². The molecular formula is C12H11N3OS. The van der Waals surface area contributed by atoms with E-state index in [1.54, 1.807) is 17.5 Å². The Labute approximate surface area is 103 Å². The zero-order chi connectivity index (χ0) is 11.7. The molecule has 1 aliphatic carbocycles. The maximum Gasteiger partial charge on any atom is 0.207 e. The van der Waals surface area contributed by atoms with E-state index in [1.165, 1.54) is 12.8 Å². The number of aromatic nitrogens is 2. The molecule has 1 fully saturated rings. The molecule has 1 N–H and O–H groups in total. The van der Waals surface area contributed by atoms with Crippen LogP contribution in [0, 0.1) is 17.8 Å². The van der Waals surface area contributed by atoms with Gasteiger partial charge in [0.15, 0.2) is 4.96 Å². The second-order valence-electron chi connectivity index (χ2n) is 4.03. The molecule has 0 unspecified atom stereocenters. The van der Waals surface area contributed by atoms with Crippen molar-refractivity contribution in [2.75, 3.05) is 0 Å². The molecule has 2 aromatic heterocycles. The van der Waals surface area contributed by atoms with Crippen LogP contribution in [0.25, 0.3) is 4.96 Å². The number of hydrogen-bond acceptors (Lipinski definition) is 3. The standard InChI is InChI=1S/C12H11N3OS/c16-8-13-5-11-6-14-12-15(11)10(7-17-12)4-3-9-1-2-9/h6-9H,1-2,5H2,(H,13,16). The number of amides is 1. The van der Waals surface area contributed by atoms with Crippen LogP contribution in [0.5, 0.6) is 0 Å². The largest absolute Gasteiger partial charge is 0.353 e. The van der Waals surface area contributed by atoms with Gasteiger partial charge in [0.05, 0.1) is 18.4 Å². The first-order chi connectivity index (χ1) is 8.38. The predicted molar refractivity (Wildman–Crippen MR) is 65.6 cm³/mol. The quantitative estimate of drug-likeness (QED) is 0.656. The third kappa shape index (κ3) is 2.04. The van der Waals surface area contributed by atoms with E-state index >= 15 is 0 Å². The molecule has 1 aliphatic rings. The Bertz CT molecular complexity index is 612. The van der Waals surface area contributed by atoms with Gasteiger partial charge in [0.2, 0.25) is 6.41 Å². The summed E-state index contributed by atoms with van der Waals surface area (Å²) >= 11 is 1.57. The lowest BCUT2D eigenvalue weighted by Gasteiger charge is -1.98. The minimum absolute atomic E-state index is 0.486. The van der Waals surface area contributed by atoms with Gasteiger partial charge in [-0.2, -0.15) is 0 Å². The van der Waals surface area contributed by atoms with E-state index in [1.807, 2.05) is 9.78 Å². The Morgan fingerprint density at radius 3 is 3.29 bits per heavy atom. The minimum atomic E-state index is 0.486. The summed E-state index contributed by atoms with van der Waals surface area (Å²) in [5.74, 6) is 7.03. The molecule has 0 atom stereocenters. The molecule has 0 aliphatic heterocycles. The Hall–Kier alpha value is -1.80. The highest BCUT2D eigenvalue weighted by molar-refractivity contribution is 7.15. The van der Waals surface area contributed by atoms with Gasteiger partial charge in [0.1, 0.15) is 5.69 Å². The Kier molecular flexibility index (Phi) is 2.57. The maximum atomic E-state index is 10.3. The van der Waals surface area contributed by atoms with Crippen LogP contribution < -0.4 is 5.32 Å². The topological polar surface area (TPSA) is 46.4 Å². The molecule has 1 saturated carbocycles. The second-order valence-corrected chi connectivity index (χ2v) is 4.87. The lowest BCUT2D eigenvalue weighted by molar-refractivity contribution is -0.109. The fourth-order valence-electron chi connectivity index (χ4n) is 1.63. The molecule has 4 nitrogen and oxygen atoms in total. The first kappa shape index (κ1) is 10.4. The summed E-state index contributed by atoms with van der Waals surface area (Å²) in [4.78, 5) is 15.5. The first-order valence-electron chi connectivity index (χ1n) is 5.51. The van der Waals surface area contributed by atoms with E-state index in [2.05, 4.69) is 22.1 Å². The van der Waals surface area contributed by atoms with Gasteiger partial charge in [-0.05, 0) is 18.8 Å². The van der Waals surface area contributed by atoms with Crippen molar-refractivity contribution in [3.63, 3.8) is 0 Å². The van der Waals surface area contributed by atoms with Crippen molar-refractivity contribution in [3.8, 4) is 11.8 Å². The molecule has 86 valence electrons. The highest BCUT2D eigenvalue weighted by Gasteiger charge is 2.18. The van der Waals surface area contributed by atoms with Gasteiger partial charge in [0, 0.05) is 11.3 Å². The second kappa shape index (κ2) is 4.22. The molecule has 0 saturated heterocycles. The van der Waals surface area contributed by atoms with Crippen LogP contribution in [0.2, 0.25) is 0 Å². The molecule has 0 aromatic carbocycles. The number of carbonyl (C=O) groups excluding carboxylic acids is 1. The van der Waals surface area contributed by atoms with E-state index in [9.17, 15) is 4.79 Å². The van der Waals surface area contributed by atoms with Gasteiger partial charge in [-0.1, -0.05) is 5.92 Å². The SMILES string of the molecule is O=CNCc1cnc2scc(C#CC3CC3)n12. The zero-order valence-electron chi connectivity index (χ0n) is 9.14. The highest BCUT2D eigenvalue weighted by Crippen LogP contribution is 2.28. The minimum Gasteiger partial charge on any atom is -0.353 e. The van der Waals surface area contributed by atoms with Gasteiger partial charge in [-0.15, -0.1) is 11.3 Å². The van der Waals surface area contributed by atoms with Gasteiger partial charge in [-0.3, -0.25) is 9.20 Å². The van der Waals surface area contributed by atoms with Crippen molar-refractivity contribution in [1.29, 1.82) is 0 Å². The average Bonchev–Trinajstić information content (AvgIpc) is 2.95. The molecule has 3 rings (SSSR count). The average molecular weight is 245 g/mol. The number of thiazole rings is 1. The van der Waals surface area contributed by atoms with E-state index in [-0.39, 0.29) is 0 Å². The lowest BCUT2D eigenvalue weighted by atomic mass is 10.3. The third-order valence-electron chi connectivity index (χ3n) is 2.67. The van der Waals surface area contributed by atoms with Gasteiger partial charge < -0.3 is 5.32 Å². The number of imidazole rings is 1. The maximum absolute atomic E-state index is 10.3. The molecule has 1 amide bonds. The monoisotopic (exact) mass is 245 g/mol. The van der Waals surface area contributed by atoms with Crippen molar-refractivity contribution < 1.29 is 4.79 Å². The van der Waals surface area contributed by atoms with E-state index in [4.69, 9.17) is 0 Å².